The molecule has 2 aliphatic heterocycles. The molecule has 0 radical (unpaired) electrons. The molecule has 1 fully saturated rings. The number of carbonyl (C=O) groups is 3. The molecule has 9 heteroatoms. The summed E-state index contributed by atoms with van der Waals surface area (Å²) in [4.78, 5) is 56.7. The number of nitrogens with zero attached hydrogens (tertiary/aromatic N) is 2. The van der Waals surface area contributed by atoms with Crippen molar-refractivity contribution in [2.45, 2.75) is 18.0 Å². The van der Waals surface area contributed by atoms with E-state index in [9.17, 15) is 28.9 Å². The van der Waals surface area contributed by atoms with Crippen LogP contribution in [0, 0.1) is 21.3 Å². The van der Waals surface area contributed by atoms with Crippen LogP contribution in [0.3, 0.4) is 0 Å². The molecule has 0 N–H and O–H groups in total. The maximum absolute atomic E-state index is 14.7. The molecule has 4 aromatic carbocycles. The van der Waals surface area contributed by atoms with Gasteiger partial charge in [0.2, 0.25) is 0 Å². The number of carbonyl (C=O) groups excluding carboxylic acids is 3. The number of anilines is 1. The molecule has 0 amide bonds. The molecule has 212 valence electrons. The standard InChI is InChI=1S/C34H23FN2O6/c1-43-24-6-4-5-21(18-24)31(38)30-29(19-9-13-23(14-10-19)37(41)42)34(32(39)25-7-2-3-8-26(25)33(34)40)28-16-11-20-17-22(35)12-15-27(20)36(28)30/h2-18,28-30H,1H3. The van der Waals surface area contributed by atoms with Gasteiger partial charge >= 0.3 is 0 Å². The summed E-state index contributed by atoms with van der Waals surface area (Å²) < 4.78 is 19.8. The Morgan fingerprint density at radius 2 is 1.63 bits per heavy atom. The molecular formula is C34H23FN2O6. The van der Waals surface area contributed by atoms with Crippen molar-refractivity contribution in [1.82, 2.24) is 0 Å². The molecule has 43 heavy (non-hydrogen) atoms. The van der Waals surface area contributed by atoms with E-state index in [0.717, 1.165) is 0 Å². The molecule has 3 aliphatic rings. The minimum absolute atomic E-state index is 0.169. The van der Waals surface area contributed by atoms with Crippen LogP contribution in [0.15, 0.2) is 97.1 Å². The molecule has 0 bridgehead atoms. The third-order valence-corrected chi connectivity index (χ3v) is 8.85. The van der Waals surface area contributed by atoms with E-state index < -0.39 is 45.7 Å². The van der Waals surface area contributed by atoms with Crippen molar-refractivity contribution < 1.29 is 28.4 Å². The van der Waals surface area contributed by atoms with E-state index in [1.807, 2.05) is 0 Å². The normalized spacial score (nSPS) is 21.0. The van der Waals surface area contributed by atoms with Gasteiger partial charge in [-0.05, 0) is 35.9 Å². The number of ketones is 3. The van der Waals surface area contributed by atoms with Gasteiger partial charge in [0.25, 0.3) is 5.69 Å². The number of nitro groups is 1. The highest BCUT2D eigenvalue weighted by molar-refractivity contribution is 6.32. The highest BCUT2D eigenvalue weighted by Crippen LogP contribution is 2.61. The number of rotatable bonds is 5. The summed E-state index contributed by atoms with van der Waals surface area (Å²) in [6.45, 7) is 0. The minimum Gasteiger partial charge on any atom is -0.497 e. The van der Waals surface area contributed by atoms with Crippen LogP contribution in [0.5, 0.6) is 5.75 Å². The average Bonchev–Trinajstić information content (AvgIpc) is 3.46. The fourth-order valence-corrected chi connectivity index (χ4v) is 7.07. The number of methoxy groups -OCH3 is 1. The Labute approximate surface area is 245 Å². The van der Waals surface area contributed by atoms with Crippen LogP contribution in [-0.4, -0.2) is 41.5 Å². The van der Waals surface area contributed by atoms with Crippen LogP contribution in [0.4, 0.5) is 15.8 Å². The van der Waals surface area contributed by atoms with Crippen molar-refractivity contribution in [3.63, 3.8) is 0 Å². The van der Waals surface area contributed by atoms with Gasteiger partial charge < -0.3 is 9.64 Å². The summed E-state index contributed by atoms with van der Waals surface area (Å²) in [6, 6.07) is 21.0. The predicted octanol–water partition coefficient (Wildman–Crippen LogP) is 6.06. The molecule has 0 saturated carbocycles. The fraction of sp³-hybridized carbons (Fsp3) is 0.147. The van der Waals surface area contributed by atoms with Crippen LogP contribution in [-0.2, 0) is 0 Å². The number of non-ortho nitro benzene ring substituents is 1. The van der Waals surface area contributed by atoms with Gasteiger partial charge in [-0.15, -0.1) is 0 Å². The molecule has 7 rings (SSSR count). The molecule has 3 atom stereocenters. The Bertz CT molecular complexity index is 1860. The Balaban J connectivity index is 1.54. The van der Waals surface area contributed by atoms with Gasteiger partial charge in [0, 0.05) is 46.0 Å². The Hall–Kier alpha value is -5.44. The van der Waals surface area contributed by atoms with E-state index >= 15 is 0 Å². The molecule has 2 heterocycles. The van der Waals surface area contributed by atoms with E-state index in [2.05, 4.69) is 0 Å². The van der Waals surface area contributed by atoms with Crippen molar-refractivity contribution in [1.29, 1.82) is 0 Å². The number of benzene rings is 4. The fourth-order valence-electron chi connectivity index (χ4n) is 7.07. The maximum atomic E-state index is 14.7. The van der Waals surface area contributed by atoms with E-state index in [1.165, 1.54) is 43.5 Å². The predicted molar refractivity (Wildman–Crippen MR) is 156 cm³/mol. The second kappa shape index (κ2) is 9.55. The van der Waals surface area contributed by atoms with Gasteiger partial charge in [-0.2, -0.15) is 0 Å². The van der Waals surface area contributed by atoms with Crippen LogP contribution < -0.4 is 9.64 Å². The number of hydrogen-bond acceptors (Lipinski definition) is 7. The second-order valence-corrected chi connectivity index (χ2v) is 10.9. The third-order valence-electron chi connectivity index (χ3n) is 8.85. The smallest absolute Gasteiger partial charge is 0.269 e. The minimum atomic E-state index is -1.78. The summed E-state index contributed by atoms with van der Waals surface area (Å²) in [5.74, 6) is -2.32. The van der Waals surface area contributed by atoms with Crippen molar-refractivity contribution in [2.75, 3.05) is 12.0 Å². The first-order valence-electron chi connectivity index (χ1n) is 13.6. The van der Waals surface area contributed by atoms with Gasteiger partial charge in [-0.25, -0.2) is 4.39 Å². The molecule has 1 saturated heterocycles. The lowest BCUT2D eigenvalue weighted by Gasteiger charge is -2.37. The van der Waals surface area contributed by atoms with Crippen LogP contribution in [0.25, 0.3) is 6.08 Å². The lowest BCUT2D eigenvalue weighted by molar-refractivity contribution is -0.384. The molecular weight excluding hydrogens is 551 g/mol. The third kappa shape index (κ3) is 3.64. The Morgan fingerprint density at radius 3 is 2.28 bits per heavy atom. The monoisotopic (exact) mass is 574 g/mol. The number of fused-ring (bicyclic) bond motifs is 5. The average molecular weight is 575 g/mol. The highest BCUT2D eigenvalue weighted by atomic mass is 19.1. The maximum Gasteiger partial charge on any atom is 0.269 e. The summed E-state index contributed by atoms with van der Waals surface area (Å²) in [5, 5.41) is 11.5. The van der Waals surface area contributed by atoms with E-state index in [4.69, 9.17) is 4.74 Å². The van der Waals surface area contributed by atoms with Crippen molar-refractivity contribution in [2.24, 2.45) is 5.41 Å². The molecule has 4 aromatic rings. The quantitative estimate of drug-likeness (QED) is 0.123. The molecule has 1 aliphatic carbocycles. The molecule has 8 nitrogen and oxygen atoms in total. The summed E-state index contributed by atoms with van der Waals surface area (Å²) >= 11 is 0. The van der Waals surface area contributed by atoms with Crippen molar-refractivity contribution in [3.8, 4) is 5.75 Å². The van der Waals surface area contributed by atoms with Gasteiger partial charge in [-0.1, -0.05) is 60.7 Å². The lowest BCUT2D eigenvalue weighted by atomic mass is 9.64. The summed E-state index contributed by atoms with van der Waals surface area (Å²) in [6.07, 6.45) is 3.37. The SMILES string of the molecule is COc1cccc(C(=O)C2C(c3ccc([N+](=O)[O-])cc3)C3(C(=O)c4ccccc4C3=O)C3C=Cc4cc(F)ccc4N23)c1. The first-order valence-corrected chi connectivity index (χ1v) is 13.6. The zero-order valence-electron chi connectivity index (χ0n) is 22.8. The van der Waals surface area contributed by atoms with Gasteiger partial charge in [0.15, 0.2) is 17.3 Å². The molecule has 3 unspecified atom stereocenters. The van der Waals surface area contributed by atoms with Gasteiger partial charge in [0.05, 0.1) is 18.1 Å². The first-order chi connectivity index (χ1) is 20.8. The summed E-state index contributed by atoms with van der Waals surface area (Å²) in [5.41, 5.74) is 0.275. The summed E-state index contributed by atoms with van der Waals surface area (Å²) in [7, 11) is 1.48. The van der Waals surface area contributed by atoms with Gasteiger partial charge in [-0.3, -0.25) is 24.5 Å². The Kier molecular flexibility index (Phi) is 5.88. The number of ether oxygens (including phenoxy) is 1. The number of hydrogen-bond donors (Lipinski definition) is 0. The van der Waals surface area contributed by atoms with Crippen molar-refractivity contribution in [3.05, 3.63) is 141 Å². The topological polar surface area (TPSA) is 107 Å². The first kappa shape index (κ1) is 26.5. The zero-order valence-corrected chi connectivity index (χ0v) is 22.8. The van der Waals surface area contributed by atoms with Crippen molar-refractivity contribution >= 4 is 34.8 Å². The van der Waals surface area contributed by atoms with E-state index in [-0.39, 0.29) is 22.6 Å². The van der Waals surface area contributed by atoms with Crippen LogP contribution >= 0.6 is 0 Å². The van der Waals surface area contributed by atoms with E-state index in [0.29, 0.717) is 28.1 Å². The molecule has 0 aromatic heterocycles. The van der Waals surface area contributed by atoms with Gasteiger partial charge in [0.1, 0.15) is 23.0 Å². The second-order valence-electron chi connectivity index (χ2n) is 10.9. The highest BCUT2D eigenvalue weighted by Gasteiger charge is 2.71. The lowest BCUT2D eigenvalue weighted by Crippen LogP contribution is -2.48. The zero-order chi connectivity index (χ0) is 30.0. The number of nitro benzene ring substituents is 1. The van der Waals surface area contributed by atoms with Crippen LogP contribution in [0.1, 0.15) is 48.1 Å². The number of Topliss-reactive ketones (excluding diaryl/α,β-unsaturated/α-hetero) is 3. The van der Waals surface area contributed by atoms with E-state index in [1.54, 1.807) is 71.6 Å². The largest absolute Gasteiger partial charge is 0.497 e. The van der Waals surface area contributed by atoms with Crippen LogP contribution in [0.2, 0.25) is 0 Å². The Morgan fingerprint density at radius 1 is 0.930 bits per heavy atom. The molecule has 1 spiro atoms. The number of halogens is 1.